The third-order valence-electron chi connectivity index (χ3n) is 2.14. The first-order valence-electron chi connectivity index (χ1n) is 4.54. The quantitative estimate of drug-likeness (QED) is 0.832. The summed E-state index contributed by atoms with van der Waals surface area (Å²) in [7, 11) is 0. The molecule has 0 bridgehead atoms. The molecule has 1 rings (SSSR count). The molecule has 98 valence electrons. The van der Waals surface area contributed by atoms with Crippen molar-refractivity contribution in [2.75, 3.05) is 6.67 Å². The predicted octanol–water partition coefficient (Wildman–Crippen LogP) is 4.14. The number of halogens is 6. The van der Waals surface area contributed by atoms with Crippen LogP contribution >= 0.6 is 24.0 Å². The zero-order valence-corrected chi connectivity index (χ0v) is 10.2. The van der Waals surface area contributed by atoms with Crippen LogP contribution in [0.2, 0.25) is 5.02 Å². The molecule has 0 aliphatic heterocycles. The zero-order chi connectivity index (χ0) is 12.3. The lowest BCUT2D eigenvalue weighted by atomic mass is 9.98. The predicted molar refractivity (Wildman–Crippen MR) is 61.2 cm³/mol. The Labute approximate surface area is 107 Å². The van der Waals surface area contributed by atoms with Crippen molar-refractivity contribution >= 4 is 24.0 Å². The first kappa shape index (κ1) is 16.5. The summed E-state index contributed by atoms with van der Waals surface area (Å²) >= 11 is 5.49. The zero-order valence-electron chi connectivity index (χ0n) is 8.60. The van der Waals surface area contributed by atoms with E-state index in [1.54, 1.807) is 0 Å². The third kappa shape index (κ3) is 4.33. The van der Waals surface area contributed by atoms with E-state index in [1.807, 2.05) is 0 Å². The molecule has 1 aromatic rings. The summed E-state index contributed by atoms with van der Waals surface area (Å²) < 4.78 is 49.9. The van der Waals surface area contributed by atoms with Crippen molar-refractivity contribution in [3.8, 4) is 0 Å². The molecule has 1 nitrogen and oxygen atoms in total. The van der Waals surface area contributed by atoms with E-state index in [0.29, 0.717) is 0 Å². The SMILES string of the molecule is Cl.N[C@H](CCF)c1ccc(Cl)cc1C(F)(F)F. The summed E-state index contributed by atoms with van der Waals surface area (Å²) in [6.45, 7) is -0.763. The fourth-order valence-electron chi connectivity index (χ4n) is 1.37. The smallest absolute Gasteiger partial charge is 0.324 e. The van der Waals surface area contributed by atoms with Crippen molar-refractivity contribution in [1.82, 2.24) is 0 Å². The fourth-order valence-corrected chi connectivity index (χ4v) is 1.54. The molecular weight excluding hydrogens is 281 g/mol. The molecule has 0 amide bonds. The van der Waals surface area contributed by atoms with E-state index >= 15 is 0 Å². The van der Waals surface area contributed by atoms with Crippen molar-refractivity contribution in [3.63, 3.8) is 0 Å². The molecular formula is C10H11Cl2F4N. The van der Waals surface area contributed by atoms with E-state index in [9.17, 15) is 17.6 Å². The number of rotatable bonds is 3. The maximum Gasteiger partial charge on any atom is 0.416 e. The second-order valence-corrected chi connectivity index (χ2v) is 3.75. The van der Waals surface area contributed by atoms with Crippen LogP contribution in [0.1, 0.15) is 23.6 Å². The molecule has 0 spiro atoms. The van der Waals surface area contributed by atoms with Crippen molar-refractivity contribution in [2.45, 2.75) is 18.6 Å². The van der Waals surface area contributed by atoms with Gasteiger partial charge in [-0.05, 0) is 24.1 Å². The largest absolute Gasteiger partial charge is 0.416 e. The Bertz CT molecular complexity index is 368. The van der Waals surface area contributed by atoms with E-state index < -0.39 is 24.5 Å². The first-order valence-corrected chi connectivity index (χ1v) is 4.92. The molecule has 1 aromatic carbocycles. The minimum Gasteiger partial charge on any atom is -0.324 e. The van der Waals surface area contributed by atoms with Gasteiger partial charge >= 0.3 is 6.18 Å². The lowest BCUT2D eigenvalue weighted by molar-refractivity contribution is -0.138. The minimum atomic E-state index is -4.53. The fraction of sp³-hybridized carbons (Fsp3) is 0.400. The summed E-state index contributed by atoms with van der Waals surface area (Å²) in [5, 5.41) is -0.0245. The van der Waals surface area contributed by atoms with Crippen molar-refractivity contribution in [3.05, 3.63) is 34.3 Å². The van der Waals surface area contributed by atoms with Gasteiger partial charge in [0.2, 0.25) is 0 Å². The maximum absolute atomic E-state index is 12.6. The lowest BCUT2D eigenvalue weighted by Crippen LogP contribution is -2.18. The van der Waals surface area contributed by atoms with Gasteiger partial charge in [0.05, 0.1) is 12.2 Å². The summed E-state index contributed by atoms with van der Waals surface area (Å²) in [4.78, 5) is 0. The average molecular weight is 292 g/mol. The van der Waals surface area contributed by atoms with E-state index in [2.05, 4.69) is 0 Å². The van der Waals surface area contributed by atoms with Crippen LogP contribution in [0.25, 0.3) is 0 Å². The summed E-state index contributed by atoms with van der Waals surface area (Å²) in [5.41, 5.74) is 4.44. The highest BCUT2D eigenvalue weighted by Gasteiger charge is 2.34. The molecule has 1 atom stereocenters. The van der Waals surface area contributed by atoms with Gasteiger partial charge in [0.1, 0.15) is 0 Å². The normalized spacial score (nSPS) is 13.1. The third-order valence-corrected chi connectivity index (χ3v) is 2.38. The molecule has 0 heterocycles. The number of alkyl halides is 4. The minimum absolute atomic E-state index is 0. The van der Waals surface area contributed by atoms with Crippen LogP contribution in [0.3, 0.4) is 0 Å². The van der Waals surface area contributed by atoms with Crippen molar-refractivity contribution in [2.24, 2.45) is 5.73 Å². The number of hydrogen-bond donors (Lipinski definition) is 1. The second kappa shape index (κ2) is 6.42. The van der Waals surface area contributed by atoms with Gasteiger partial charge in [-0.15, -0.1) is 12.4 Å². The number of nitrogens with two attached hydrogens (primary N) is 1. The Hall–Kier alpha value is -0.520. The van der Waals surface area contributed by atoms with Gasteiger partial charge in [-0.1, -0.05) is 17.7 Å². The van der Waals surface area contributed by atoms with Crippen LogP contribution < -0.4 is 5.73 Å². The first-order chi connectivity index (χ1) is 7.36. The van der Waals surface area contributed by atoms with Crippen LogP contribution in [0, 0.1) is 0 Å². The van der Waals surface area contributed by atoms with Crippen molar-refractivity contribution < 1.29 is 17.6 Å². The van der Waals surface area contributed by atoms with Gasteiger partial charge in [0.25, 0.3) is 0 Å². The second-order valence-electron chi connectivity index (χ2n) is 3.31. The molecule has 0 aliphatic rings. The average Bonchev–Trinajstić information content (AvgIpc) is 2.16. The molecule has 0 unspecified atom stereocenters. The van der Waals surface area contributed by atoms with E-state index in [-0.39, 0.29) is 29.4 Å². The van der Waals surface area contributed by atoms with Crippen LogP contribution in [0.5, 0.6) is 0 Å². The summed E-state index contributed by atoms with van der Waals surface area (Å²) in [6, 6.07) is 2.32. The molecule has 0 aliphatic carbocycles. The monoisotopic (exact) mass is 291 g/mol. The highest BCUT2D eigenvalue weighted by Crippen LogP contribution is 2.36. The maximum atomic E-state index is 12.6. The Morgan fingerprint density at radius 3 is 2.35 bits per heavy atom. The van der Waals surface area contributed by atoms with E-state index in [1.165, 1.54) is 12.1 Å². The van der Waals surface area contributed by atoms with Gasteiger partial charge in [-0.3, -0.25) is 4.39 Å². The van der Waals surface area contributed by atoms with Crippen LogP contribution in [-0.4, -0.2) is 6.67 Å². The van der Waals surface area contributed by atoms with Crippen molar-refractivity contribution in [1.29, 1.82) is 0 Å². The highest BCUT2D eigenvalue weighted by atomic mass is 35.5. The molecule has 7 heteroatoms. The molecule has 0 fully saturated rings. The molecule has 0 radical (unpaired) electrons. The van der Waals surface area contributed by atoms with Crippen LogP contribution in [-0.2, 0) is 6.18 Å². The Kier molecular flexibility index (Phi) is 6.23. The summed E-state index contributed by atoms with van der Waals surface area (Å²) in [6.07, 6.45) is -4.68. The topological polar surface area (TPSA) is 26.0 Å². The Morgan fingerprint density at radius 1 is 1.29 bits per heavy atom. The van der Waals surface area contributed by atoms with Crippen LogP contribution in [0.4, 0.5) is 17.6 Å². The lowest BCUT2D eigenvalue weighted by Gasteiger charge is -2.17. The van der Waals surface area contributed by atoms with Gasteiger partial charge < -0.3 is 5.73 Å². The molecule has 0 aromatic heterocycles. The number of hydrogen-bond acceptors (Lipinski definition) is 1. The van der Waals surface area contributed by atoms with Crippen LogP contribution in [0.15, 0.2) is 18.2 Å². The Morgan fingerprint density at radius 2 is 1.88 bits per heavy atom. The molecule has 17 heavy (non-hydrogen) atoms. The Balaban J connectivity index is 0.00000256. The molecule has 0 saturated heterocycles. The molecule has 2 N–H and O–H groups in total. The van der Waals surface area contributed by atoms with E-state index in [0.717, 1.165) is 6.07 Å². The van der Waals surface area contributed by atoms with Gasteiger partial charge in [0.15, 0.2) is 0 Å². The van der Waals surface area contributed by atoms with Gasteiger partial charge in [-0.25, -0.2) is 0 Å². The van der Waals surface area contributed by atoms with Gasteiger partial charge in [0, 0.05) is 11.1 Å². The molecule has 0 saturated carbocycles. The number of benzene rings is 1. The standard InChI is InChI=1S/C10H10ClF4N.ClH/c11-6-1-2-7(9(16)3-4-12)8(5-6)10(13,14)15;/h1-2,5,9H,3-4,16H2;1H/t9-;/m1./s1. The summed E-state index contributed by atoms with van der Waals surface area (Å²) in [5.74, 6) is 0. The van der Waals surface area contributed by atoms with E-state index in [4.69, 9.17) is 17.3 Å². The highest BCUT2D eigenvalue weighted by molar-refractivity contribution is 6.30. The van der Waals surface area contributed by atoms with Gasteiger partial charge in [-0.2, -0.15) is 13.2 Å².